The number of rotatable bonds is 1. The van der Waals surface area contributed by atoms with Crippen molar-refractivity contribution in [1.29, 1.82) is 0 Å². The topological polar surface area (TPSA) is 40.7 Å². The minimum Gasteiger partial charge on any atom is -0.316 e. The molecule has 2 heterocycles. The van der Waals surface area contributed by atoms with Crippen LogP contribution in [0.5, 0.6) is 0 Å². The Hall–Kier alpha value is -0.830. The van der Waals surface area contributed by atoms with E-state index in [1.807, 2.05) is 0 Å². The highest BCUT2D eigenvalue weighted by molar-refractivity contribution is 5.31. The lowest BCUT2D eigenvalue weighted by Crippen LogP contribution is -2.14. The lowest BCUT2D eigenvalue weighted by molar-refractivity contribution is 0.494. The summed E-state index contributed by atoms with van der Waals surface area (Å²) in [6, 6.07) is 0. The van der Waals surface area contributed by atoms with Crippen LogP contribution in [0.1, 0.15) is 42.6 Å². The van der Waals surface area contributed by atoms with Crippen LogP contribution in [0.15, 0.2) is 0 Å². The van der Waals surface area contributed by atoms with Crippen LogP contribution in [0.2, 0.25) is 0 Å². The molecule has 0 radical (unpaired) electrons. The maximum atomic E-state index is 4.55. The van der Waals surface area contributed by atoms with Crippen LogP contribution in [0.3, 0.4) is 0 Å². The van der Waals surface area contributed by atoms with Crippen molar-refractivity contribution in [3.05, 3.63) is 17.0 Å². The van der Waals surface area contributed by atoms with E-state index in [-0.39, 0.29) is 0 Å². The molecule has 0 saturated carbocycles. The van der Waals surface area contributed by atoms with Crippen molar-refractivity contribution in [2.24, 2.45) is 5.92 Å². The van der Waals surface area contributed by atoms with E-state index in [2.05, 4.69) is 22.4 Å². The van der Waals surface area contributed by atoms with Gasteiger partial charge in [0.15, 0.2) is 0 Å². The van der Waals surface area contributed by atoms with E-state index < -0.39 is 0 Å². The largest absolute Gasteiger partial charge is 0.316 e. The highest BCUT2D eigenvalue weighted by Gasteiger charge is 2.27. The molecule has 0 spiro atoms. The molecule has 3 nitrogen and oxygen atoms in total. The molecule has 1 saturated heterocycles. The smallest absolute Gasteiger partial charge is 0.0701 e. The predicted octanol–water partition coefficient (Wildman–Crippen LogP) is 1.61. The first-order valence-electron chi connectivity index (χ1n) is 6.11. The average molecular weight is 205 g/mol. The third kappa shape index (κ3) is 1.59. The Kier molecular flexibility index (Phi) is 2.28. The summed E-state index contributed by atoms with van der Waals surface area (Å²) in [6.07, 6.45) is 5.00. The second-order valence-corrected chi connectivity index (χ2v) is 5.10. The number of aromatic amines is 1. The van der Waals surface area contributed by atoms with Crippen LogP contribution in [0, 0.1) is 5.92 Å². The number of hydrogen-bond acceptors (Lipinski definition) is 2. The van der Waals surface area contributed by atoms with Crippen molar-refractivity contribution < 1.29 is 0 Å². The highest BCUT2D eigenvalue weighted by atomic mass is 15.1. The van der Waals surface area contributed by atoms with Gasteiger partial charge in [0.25, 0.3) is 0 Å². The fourth-order valence-corrected chi connectivity index (χ4v) is 2.92. The molecule has 2 atom stereocenters. The van der Waals surface area contributed by atoms with Crippen molar-refractivity contribution >= 4 is 0 Å². The Morgan fingerprint density at radius 3 is 3.07 bits per heavy atom. The molecule has 0 bridgehead atoms. The lowest BCUT2D eigenvalue weighted by atomic mass is 9.85. The van der Waals surface area contributed by atoms with Gasteiger partial charge in [-0.25, -0.2) is 0 Å². The maximum absolute atomic E-state index is 4.55. The summed E-state index contributed by atoms with van der Waals surface area (Å²) in [7, 11) is 0. The summed E-state index contributed by atoms with van der Waals surface area (Å²) in [5, 5.41) is 11.2. The Bertz CT molecular complexity index is 350. The number of aryl methyl sites for hydroxylation is 1. The van der Waals surface area contributed by atoms with Crippen LogP contribution in [0.25, 0.3) is 0 Å². The van der Waals surface area contributed by atoms with Gasteiger partial charge in [-0.1, -0.05) is 6.92 Å². The van der Waals surface area contributed by atoms with Gasteiger partial charge in [0.2, 0.25) is 0 Å². The van der Waals surface area contributed by atoms with Gasteiger partial charge < -0.3 is 5.32 Å². The number of nitrogens with one attached hydrogen (secondary N) is 2. The molecule has 2 unspecified atom stereocenters. The van der Waals surface area contributed by atoms with E-state index in [0.29, 0.717) is 5.92 Å². The van der Waals surface area contributed by atoms with Crippen LogP contribution in [0.4, 0.5) is 0 Å². The number of nitrogens with zero attached hydrogens (tertiary/aromatic N) is 1. The zero-order valence-electron chi connectivity index (χ0n) is 9.34. The van der Waals surface area contributed by atoms with Crippen LogP contribution >= 0.6 is 0 Å². The van der Waals surface area contributed by atoms with Gasteiger partial charge in [0.05, 0.1) is 5.69 Å². The monoisotopic (exact) mass is 205 g/mol. The molecule has 2 aliphatic rings. The average Bonchev–Trinajstić information content (AvgIpc) is 2.83. The normalized spacial score (nSPS) is 30.5. The Labute approximate surface area is 90.7 Å². The van der Waals surface area contributed by atoms with Gasteiger partial charge in [-0.3, -0.25) is 5.10 Å². The van der Waals surface area contributed by atoms with E-state index in [4.69, 9.17) is 0 Å². The molecule has 3 rings (SSSR count). The Morgan fingerprint density at radius 1 is 1.33 bits per heavy atom. The number of H-pyrrole nitrogens is 1. The van der Waals surface area contributed by atoms with Crippen molar-refractivity contribution in [3.8, 4) is 0 Å². The van der Waals surface area contributed by atoms with E-state index in [1.54, 1.807) is 5.56 Å². The molecule has 1 aliphatic heterocycles. The second kappa shape index (κ2) is 3.63. The standard InChI is InChI=1S/C12H19N3/c1-8-2-3-11-10(6-8)12(15-14-11)9-4-5-13-7-9/h8-9,13H,2-7H2,1H3,(H,14,15). The zero-order valence-corrected chi connectivity index (χ0v) is 9.34. The number of aromatic nitrogens is 2. The third-order valence-corrected chi connectivity index (χ3v) is 3.87. The summed E-state index contributed by atoms with van der Waals surface area (Å²) in [4.78, 5) is 0. The second-order valence-electron chi connectivity index (χ2n) is 5.10. The van der Waals surface area contributed by atoms with Crippen LogP contribution in [-0.4, -0.2) is 23.3 Å². The minimum atomic E-state index is 0.662. The summed E-state index contributed by atoms with van der Waals surface area (Å²) in [5.41, 5.74) is 4.32. The molecule has 3 heteroatoms. The quantitative estimate of drug-likeness (QED) is 0.731. The molecule has 15 heavy (non-hydrogen) atoms. The minimum absolute atomic E-state index is 0.662. The first-order valence-corrected chi connectivity index (χ1v) is 6.11. The molecule has 1 aromatic rings. The predicted molar refractivity (Wildman–Crippen MR) is 60.0 cm³/mol. The summed E-state index contributed by atoms with van der Waals surface area (Å²) < 4.78 is 0. The van der Waals surface area contributed by atoms with E-state index >= 15 is 0 Å². The van der Waals surface area contributed by atoms with Gasteiger partial charge in [-0.2, -0.15) is 5.10 Å². The molecular weight excluding hydrogens is 186 g/mol. The van der Waals surface area contributed by atoms with Crippen molar-refractivity contribution in [1.82, 2.24) is 15.5 Å². The van der Waals surface area contributed by atoms with Crippen molar-refractivity contribution in [2.45, 2.75) is 38.5 Å². The molecular formula is C12H19N3. The molecule has 1 aliphatic carbocycles. The van der Waals surface area contributed by atoms with Crippen LogP contribution < -0.4 is 5.32 Å². The van der Waals surface area contributed by atoms with E-state index in [9.17, 15) is 0 Å². The molecule has 1 fully saturated rings. The highest BCUT2D eigenvalue weighted by Crippen LogP contribution is 2.31. The first-order chi connectivity index (χ1) is 7.34. The number of hydrogen-bond donors (Lipinski definition) is 2. The molecule has 0 aromatic carbocycles. The maximum Gasteiger partial charge on any atom is 0.0701 e. The van der Waals surface area contributed by atoms with Gasteiger partial charge in [0, 0.05) is 18.2 Å². The summed E-state index contributed by atoms with van der Waals surface area (Å²) in [6.45, 7) is 4.63. The van der Waals surface area contributed by atoms with Gasteiger partial charge >= 0.3 is 0 Å². The first kappa shape index (κ1) is 9.40. The van der Waals surface area contributed by atoms with Crippen LogP contribution in [-0.2, 0) is 12.8 Å². The van der Waals surface area contributed by atoms with Crippen molar-refractivity contribution in [3.63, 3.8) is 0 Å². The lowest BCUT2D eigenvalue weighted by Gasteiger charge is -2.19. The molecule has 2 N–H and O–H groups in total. The SMILES string of the molecule is CC1CCc2[nH]nc(C3CCNC3)c2C1. The van der Waals surface area contributed by atoms with E-state index in [1.165, 1.54) is 37.1 Å². The van der Waals surface area contributed by atoms with Gasteiger partial charge in [0.1, 0.15) is 0 Å². The summed E-state index contributed by atoms with van der Waals surface area (Å²) in [5.74, 6) is 1.50. The van der Waals surface area contributed by atoms with Gasteiger partial charge in [-0.05, 0) is 43.7 Å². The fourth-order valence-electron chi connectivity index (χ4n) is 2.92. The van der Waals surface area contributed by atoms with Gasteiger partial charge in [-0.15, -0.1) is 0 Å². The Morgan fingerprint density at radius 2 is 2.27 bits per heavy atom. The molecule has 82 valence electrons. The van der Waals surface area contributed by atoms with E-state index in [0.717, 1.165) is 19.0 Å². The zero-order chi connectivity index (χ0) is 10.3. The number of fused-ring (bicyclic) bond motifs is 1. The summed E-state index contributed by atoms with van der Waals surface area (Å²) >= 11 is 0. The van der Waals surface area contributed by atoms with Crippen molar-refractivity contribution in [2.75, 3.05) is 13.1 Å². The third-order valence-electron chi connectivity index (χ3n) is 3.87. The Balaban J connectivity index is 1.92. The molecule has 0 amide bonds. The molecule has 1 aromatic heterocycles. The fraction of sp³-hybridized carbons (Fsp3) is 0.750.